The molecule has 7 heteroatoms. The average molecular weight is 522 g/mol. The van der Waals surface area contributed by atoms with Gasteiger partial charge in [0.15, 0.2) is 5.96 Å². The lowest BCUT2D eigenvalue weighted by atomic mass is 9.84. The van der Waals surface area contributed by atoms with Crippen LogP contribution in [-0.2, 0) is 16.2 Å². The zero-order chi connectivity index (χ0) is 19.9. The Morgan fingerprint density at radius 1 is 1.36 bits per heavy atom. The Balaban J connectivity index is 0.00000392. The summed E-state index contributed by atoms with van der Waals surface area (Å²) in [6.45, 7) is 7.19. The molecule has 3 unspecified atom stereocenters. The minimum Gasteiger partial charge on any atom is -0.497 e. The number of nitrogens with zero attached hydrogens (tertiary/aromatic N) is 1. The van der Waals surface area contributed by atoms with Crippen LogP contribution in [0.25, 0.3) is 0 Å². The zero-order valence-corrected chi connectivity index (χ0v) is 20.9. The molecule has 0 spiro atoms. The number of guanidine groups is 1. The van der Waals surface area contributed by atoms with Crippen LogP contribution in [0, 0.1) is 0 Å². The Morgan fingerprint density at radius 3 is 2.75 bits per heavy atom. The van der Waals surface area contributed by atoms with Gasteiger partial charge >= 0.3 is 0 Å². The quantitative estimate of drug-likeness (QED) is 0.325. The third-order valence-corrected chi connectivity index (χ3v) is 7.14. The highest BCUT2D eigenvalue weighted by Gasteiger charge is 2.27. The van der Waals surface area contributed by atoms with Crippen LogP contribution in [0.4, 0.5) is 0 Å². The molecule has 1 aromatic carbocycles. The van der Waals surface area contributed by atoms with Crippen molar-refractivity contribution in [2.75, 3.05) is 26.5 Å². The molecular formula is C21H36IN3O2S. The fraction of sp³-hybridized carbons (Fsp3) is 0.667. The van der Waals surface area contributed by atoms with Gasteiger partial charge in [-0.2, -0.15) is 0 Å². The molecule has 0 aliphatic heterocycles. The first-order valence-electron chi connectivity index (χ1n) is 9.88. The number of halogens is 1. The molecule has 2 rings (SSSR count). The maximum Gasteiger partial charge on any atom is 0.191 e. The van der Waals surface area contributed by atoms with Crippen LogP contribution in [0.2, 0.25) is 0 Å². The van der Waals surface area contributed by atoms with E-state index >= 15 is 0 Å². The van der Waals surface area contributed by atoms with E-state index < -0.39 is 10.8 Å². The third kappa shape index (κ3) is 7.21. The van der Waals surface area contributed by atoms with Crippen molar-refractivity contribution in [3.05, 3.63) is 29.8 Å². The van der Waals surface area contributed by atoms with Crippen LogP contribution in [0.5, 0.6) is 5.75 Å². The van der Waals surface area contributed by atoms with Gasteiger partial charge in [-0.3, -0.25) is 9.20 Å². The molecule has 1 aromatic rings. The summed E-state index contributed by atoms with van der Waals surface area (Å²) in [4.78, 5) is 4.40. The van der Waals surface area contributed by atoms with Gasteiger partial charge in [0.05, 0.1) is 7.11 Å². The smallest absolute Gasteiger partial charge is 0.191 e. The molecule has 0 heterocycles. The Morgan fingerprint density at radius 2 is 2.11 bits per heavy atom. The molecule has 1 aliphatic carbocycles. The predicted molar refractivity (Wildman–Crippen MR) is 131 cm³/mol. The highest BCUT2D eigenvalue weighted by atomic mass is 127. The van der Waals surface area contributed by atoms with Gasteiger partial charge in [0, 0.05) is 46.9 Å². The van der Waals surface area contributed by atoms with Crippen LogP contribution in [-0.4, -0.2) is 47.9 Å². The maximum absolute atomic E-state index is 12.2. The molecule has 2 N–H and O–H groups in total. The second-order valence-electron chi connectivity index (χ2n) is 7.84. The van der Waals surface area contributed by atoms with Gasteiger partial charge in [0.25, 0.3) is 0 Å². The van der Waals surface area contributed by atoms with Crippen molar-refractivity contribution in [3.63, 3.8) is 0 Å². The van der Waals surface area contributed by atoms with Crippen molar-refractivity contribution in [2.24, 2.45) is 4.99 Å². The molecule has 5 nitrogen and oxygen atoms in total. The normalized spacial score (nSPS) is 21.4. The van der Waals surface area contributed by atoms with Gasteiger partial charge in [0.1, 0.15) is 5.75 Å². The molecule has 0 saturated heterocycles. The first-order valence-corrected chi connectivity index (χ1v) is 11.3. The van der Waals surface area contributed by atoms with E-state index in [4.69, 9.17) is 4.74 Å². The zero-order valence-electron chi connectivity index (χ0n) is 17.8. The van der Waals surface area contributed by atoms with Gasteiger partial charge in [-0.25, -0.2) is 0 Å². The molecule has 160 valence electrons. The summed E-state index contributed by atoms with van der Waals surface area (Å²) < 4.78 is 17.5. The fourth-order valence-corrected chi connectivity index (χ4v) is 4.94. The largest absolute Gasteiger partial charge is 0.497 e. The van der Waals surface area contributed by atoms with Crippen LogP contribution in [0.15, 0.2) is 29.3 Å². The summed E-state index contributed by atoms with van der Waals surface area (Å²) in [5.41, 5.74) is 1.16. The molecule has 28 heavy (non-hydrogen) atoms. The first-order chi connectivity index (χ1) is 12.9. The van der Waals surface area contributed by atoms with Crippen molar-refractivity contribution in [3.8, 4) is 5.75 Å². The lowest BCUT2D eigenvalue weighted by molar-refractivity contribution is 0.408. The summed E-state index contributed by atoms with van der Waals surface area (Å²) in [6, 6.07) is 8.55. The minimum atomic E-state index is -0.709. The monoisotopic (exact) mass is 521 g/mol. The third-order valence-electron chi connectivity index (χ3n) is 5.40. The molecule has 1 aliphatic rings. The number of hydrogen-bond donors (Lipinski definition) is 2. The maximum atomic E-state index is 12.2. The minimum absolute atomic E-state index is 0. The molecule has 0 amide bonds. The van der Waals surface area contributed by atoms with Gasteiger partial charge in [-0.05, 0) is 37.0 Å². The Bertz CT molecular complexity index is 667. The topological polar surface area (TPSA) is 62.7 Å². The van der Waals surface area contributed by atoms with Gasteiger partial charge < -0.3 is 15.4 Å². The van der Waals surface area contributed by atoms with Crippen molar-refractivity contribution < 1.29 is 8.95 Å². The van der Waals surface area contributed by atoms with Gasteiger partial charge in [-0.1, -0.05) is 39.3 Å². The van der Waals surface area contributed by atoms with Gasteiger partial charge in [-0.15, -0.1) is 24.0 Å². The van der Waals surface area contributed by atoms with E-state index in [1.165, 1.54) is 5.56 Å². The lowest BCUT2D eigenvalue weighted by Crippen LogP contribution is -2.49. The molecule has 0 bridgehead atoms. The second kappa shape index (κ2) is 12.0. The Hall–Kier alpha value is -0.830. The Kier molecular flexibility index (Phi) is 10.8. The van der Waals surface area contributed by atoms with E-state index in [2.05, 4.69) is 41.6 Å². The summed E-state index contributed by atoms with van der Waals surface area (Å²) >= 11 is 0. The van der Waals surface area contributed by atoms with Crippen LogP contribution in [0.1, 0.15) is 52.0 Å². The fourth-order valence-electron chi connectivity index (χ4n) is 3.59. The van der Waals surface area contributed by atoms with Crippen molar-refractivity contribution in [2.45, 2.75) is 63.2 Å². The Labute approximate surface area is 190 Å². The molecule has 0 radical (unpaired) electrons. The highest BCUT2D eigenvalue weighted by molar-refractivity contribution is 14.0. The van der Waals surface area contributed by atoms with E-state index in [-0.39, 0.29) is 29.4 Å². The van der Waals surface area contributed by atoms with Crippen LogP contribution in [0.3, 0.4) is 0 Å². The molecule has 3 atom stereocenters. The van der Waals surface area contributed by atoms with E-state index in [0.717, 1.165) is 49.7 Å². The number of benzene rings is 1. The molecular weight excluding hydrogens is 485 g/mol. The number of nitrogens with one attached hydrogen (secondary N) is 2. The molecule has 1 saturated carbocycles. The summed E-state index contributed by atoms with van der Waals surface area (Å²) in [5, 5.41) is 7.33. The van der Waals surface area contributed by atoms with E-state index in [9.17, 15) is 4.21 Å². The highest BCUT2D eigenvalue weighted by Crippen LogP contribution is 2.26. The number of rotatable bonds is 7. The number of ether oxygens (including phenoxy) is 1. The predicted octanol–water partition coefficient (Wildman–Crippen LogP) is 3.84. The molecule has 1 fully saturated rings. The first kappa shape index (κ1) is 25.2. The van der Waals surface area contributed by atoms with E-state index in [0.29, 0.717) is 11.3 Å². The SMILES string of the molecule is CCS(=O)C1CCCC(NC(=NC)NCC(C)(C)c2cccc(OC)c2)C1.I. The number of aliphatic imine (C=N–C) groups is 1. The second-order valence-corrected chi connectivity index (χ2v) is 9.85. The van der Waals surface area contributed by atoms with E-state index in [1.54, 1.807) is 14.2 Å². The van der Waals surface area contributed by atoms with Crippen LogP contribution < -0.4 is 15.4 Å². The number of hydrogen-bond acceptors (Lipinski definition) is 3. The van der Waals surface area contributed by atoms with Crippen molar-refractivity contribution in [1.29, 1.82) is 0 Å². The van der Waals surface area contributed by atoms with Crippen molar-refractivity contribution >= 4 is 40.7 Å². The molecule has 0 aromatic heterocycles. The lowest BCUT2D eigenvalue weighted by Gasteiger charge is -2.32. The van der Waals surface area contributed by atoms with Crippen molar-refractivity contribution in [1.82, 2.24) is 10.6 Å². The number of methoxy groups -OCH3 is 1. The van der Waals surface area contributed by atoms with Gasteiger partial charge in [0.2, 0.25) is 0 Å². The van der Waals surface area contributed by atoms with Crippen LogP contribution >= 0.6 is 24.0 Å². The summed E-state index contributed by atoms with van der Waals surface area (Å²) in [7, 11) is 2.79. The summed E-state index contributed by atoms with van der Waals surface area (Å²) in [5.74, 6) is 2.44. The summed E-state index contributed by atoms with van der Waals surface area (Å²) in [6.07, 6.45) is 4.27. The van der Waals surface area contributed by atoms with E-state index in [1.807, 2.05) is 19.1 Å². The average Bonchev–Trinajstić information content (AvgIpc) is 2.70. The standard InChI is InChI=1S/C21H35N3O2S.HI/c1-6-27(25)19-12-8-10-17(14-19)24-20(22-4)23-15-21(2,3)16-9-7-11-18(13-16)26-5;/h7,9,11,13,17,19H,6,8,10,12,14-15H2,1-5H3,(H2,22,23,24);1H.